The van der Waals surface area contributed by atoms with E-state index in [9.17, 15) is 4.79 Å². The molecule has 0 atom stereocenters. The second-order valence-corrected chi connectivity index (χ2v) is 5.12. The predicted octanol–water partition coefficient (Wildman–Crippen LogP) is 3.91. The zero-order valence-electron chi connectivity index (χ0n) is 9.39. The first-order valence-corrected chi connectivity index (χ1v) is 6.61. The average Bonchev–Trinajstić information content (AvgIpc) is 2.70. The Morgan fingerprint density at radius 3 is 2.50 bits per heavy atom. The number of benzene rings is 2. The van der Waals surface area contributed by atoms with Crippen LogP contribution in [0.2, 0.25) is 0 Å². The summed E-state index contributed by atoms with van der Waals surface area (Å²) >= 11 is 2.24. The molecule has 0 saturated heterocycles. The number of hydrogen-bond acceptors (Lipinski definition) is 2. The van der Waals surface area contributed by atoms with Crippen LogP contribution >= 0.6 is 22.6 Å². The highest BCUT2D eigenvalue weighted by Crippen LogP contribution is 2.31. The lowest BCUT2D eigenvalue weighted by Crippen LogP contribution is -1.98. The van der Waals surface area contributed by atoms with Crippen LogP contribution in [-0.4, -0.2) is 5.78 Å². The normalized spacial score (nSPS) is 15.6. The van der Waals surface area contributed by atoms with Gasteiger partial charge in [0.1, 0.15) is 5.75 Å². The highest BCUT2D eigenvalue weighted by atomic mass is 127. The molecule has 1 aliphatic heterocycles. The van der Waals surface area contributed by atoms with E-state index in [1.54, 1.807) is 12.1 Å². The van der Waals surface area contributed by atoms with Crippen LogP contribution in [0.4, 0.5) is 0 Å². The molecule has 0 bridgehead atoms. The molecule has 3 heteroatoms. The zero-order chi connectivity index (χ0) is 12.5. The molecule has 1 heterocycles. The van der Waals surface area contributed by atoms with E-state index < -0.39 is 0 Å². The third-order valence-corrected chi connectivity index (χ3v) is 3.75. The maximum atomic E-state index is 12.1. The molecule has 1 aliphatic rings. The average molecular weight is 348 g/mol. The van der Waals surface area contributed by atoms with E-state index in [2.05, 4.69) is 22.6 Å². The lowest BCUT2D eigenvalue weighted by atomic mass is 10.1. The van der Waals surface area contributed by atoms with E-state index in [1.807, 2.05) is 42.5 Å². The van der Waals surface area contributed by atoms with Gasteiger partial charge in [0.25, 0.3) is 0 Å². The van der Waals surface area contributed by atoms with Gasteiger partial charge in [0, 0.05) is 3.57 Å². The zero-order valence-corrected chi connectivity index (χ0v) is 11.5. The van der Waals surface area contributed by atoms with Gasteiger partial charge in [-0.2, -0.15) is 0 Å². The van der Waals surface area contributed by atoms with E-state index in [1.165, 1.54) is 0 Å². The van der Waals surface area contributed by atoms with Gasteiger partial charge in [0.2, 0.25) is 5.78 Å². The molecule has 0 unspecified atom stereocenters. The summed E-state index contributed by atoms with van der Waals surface area (Å²) in [5.41, 5.74) is 1.63. The molecule has 0 aliphatic carbocycles. The van der Waals surface area contributed by atoms with E-state index in [4.69, 9.17) is 4.74 Å². The van der Waals surface area contributed by atoms with Crippen LogP contribution in [0.15, 0.2) is 54.3 Å². The maximum Gasteiger partial charge on any atom is 0.231 e. The molecule has 2 aromatic carbocycles. The Hall–Kier alpha value is -1.62. The predicted molar refractivity (Wildman–Crippen MR) is 78.5 cm³/mol. The molecule has 0 amide bonds. The van der Waals surface area contributed by atoms with Gasteiger partial charge in [-0.05, 0) is 52.4 Å². The van der Waals surface area contributed by atoms with Crippen LogP contribution in [0.5, 0.6) is 5.75 Å². The Morgan fingerprint density at radius 1 is 1.00 bits per heavy atom. The molecule has 2 nitrogen and oxygen atoms in total. The standard InChI is InChI=1S/C15H9IO2/c16-12-7-3-1-5-10(12)9-14-15(17)11-6-2-4-8-13(11)18-14/h1-9H/b14-9-. The summed E-state index contributed by atoms with van der Waals surface area (Å²) in [5.74, 6) is 0.977. The van der Waals surface area contributed by atoms with Crippen LogP contribution in [0.1, 0.15) is 15.9 Å². The summed E-state index contributed by atoms with van der Waals surface area (Å²) in [6.07, 6.45) is 1.80. The minimum atomic E-state index is -0.0507. The molecular weight excluding hydrogens is 339 g/mol. The summed E-state index contributed by atoms with van der Waals surface area (Å²) < 4.78 is 6.68. The fourth-order valence-electron chi connectivity index (χ4n) is 1.87. The summed E-state index contributed by atoms with van der Waals surface area (Å²) in [6, 6.07) is 15.2. The van der Waals surface area contributed by atoms with Gasteiger partial charge in [-0.25, -0.2) is 0 Å². The number of carbonyl (C=O) groups excluding carboxylic acids is 1. The molecule has 0 aromatic heterocycles. The number of para-hydroxylation sites is 1. The first-order valence-electron chi connectivity index (χ1n) is 5.53. The number of hydrogen-bond donors (Lipinski definition) is 0. The molecule has 0 fully saturated rings. The number of carbonyl (C=O) groups is 1. The Labute approximate surface area is 118 Å². The van der Waals surface area contributed by atoms with Crippen molar-refractivity contribution in [3.05, 3.63) is 69.0 Å². The van der Waals surface area contributed by atoms with Gasteiger partial charge in [-0.3, -0.25) is 4.79 Å². The minimum absolute atomic E-state index is 0.0507. The number of ether oxygens (including phenoxy) is 1. The number of fused-ring (bicyclic) bond motifs is 1. The molecular formula is C15H9IO2. The van der Waals surface area contributed by atoms with Crippen molar-refractivity contribution < 1.29 is 9.53 Å². The van der Waals surface area contributed by atoms with Crippen LogP contribution in [0, 0.1) is 3.57 Å². The molecule has 0 spiro atoms. The van der Waals surface area contributed by atoms with Crippen molar-refractivity contribution in [3.63, 3.8) is 0 Å². The summed E-state index contributed by atoms with van der Waals surface area (Å²) in [5, 5.41) is 0. The number of rotatable bonds is 1. The maximum absolute atomic E-state index is 12.1. The number of ketones is 1. The topological polar surface area (TPSA) is 26.3 Å². The van der Waals surface area contributed by atoms with Gasteiger partial charge in [-0.15, -0.1) is 0 Å². The third kappa shape index (κ3) is 1.95. The Bertz CT molecular complexity index is 659. The van der Waals surface area contributed by atoms with Crippen molar-refractivity contribution >= 4 is 34.5 Å². The van der Waals surface area contributed by atoms with E-state index in [-0.39, 0.29) is 5.78 Å². The number of halogens is 1. The van der Waals surface area contributed by atoms with E-state index in [0.29, 0.717) is 17.1 Å². The SMILES string of the molecule is O=C1/C(=C/c2ccccc2I)Oc2ccccc21. The Balaban J connectivity index is 2.02. The first-order chi connectivity index (χ1) is 8.75. The summed E-state index contributed by atoms with van der Waals surface area (Å²) in [6.45, 7) is 0. The van der Waals surface area contributed by atoms with Crippen molar-refractivity contribution in [2.45, 2.75) is 0 Å². The van der Waals surface area contributed by atoms with Crippen molar-refractivity contribution in [3.8, 4) is 5.75 Å². The van der Waals surface area contributed by atoms with Crippen molar-refractivity contribution in [2.75, 3.05) is 0 Å². The molecule has 2 aromatic rings. The van der Waals surface area contributed by atoms with Crippen molar-refractivity contribution in [1.82, 2.24) is 0 Å². The van der Waals surface area contributed by atoms with Gasteiger partial charge in [0.05, 0.1) is 5.56 Å². The molecule has 3 rings (SSSR count). The monoisotopic (exact) mass is 348 g/mol. The van der Waals surface area contributed by atoms with Gasteiger partial charge in [0.15, 0.2) is 5.76 Å². The second-order valence-electron chi connectivity index (χ2n) is 3.96. The molecule has 0 N–H and O–H groups in total. The smallest absolute Gasteiger partial charge is 0.231 e. The lowest BCUT2D eigenvalue weighted by molar-refractivity contribution is 0.101. The highest BCUT2D eigenvalue weighted by molar-refractivity contribution is 14.1. The Kier molecular flexibility index (Phi) is 2.91. The summed E-state index contributed by atoms with van der Waals surface area (Å²) in [7, 11) is 0. The van der Waals surface area contributed by atoms with Gasteiger partial charge in [-0.1, -0.05) is 30.3 Å². The van der Waals surface area contributed by atoms with Crippen LogP contribution in [0.25, 0.3) is 6.08 Å². The number of Topliss-reactive ketones (excluding diaryl/α,β-unsaturated/α-hetero) is 1. The van der Waals surface area contributed by atoms with Crippen molar-refractivity contribution in [2.24, 2.45) is 0 Å². The molecule has 18 heavy (non-hydrogen) atoms. The van der Waals surface area contributed by atoms with Crippen LogP contribution in [-0.2, 0) is 0 Å². The molecule has 88 valence electrons. The fourth-order valence-corrected chi connectivity index (χ4v) is 2.41. The second kappa shape index (κ2) is 4.57. The largest absolute Gasteiger partial charge is 0.452 e. The Morgan fingerprint density at radius 2 is 1.72 bits per heavy atom. The fraction of sp³-hybridized carbons (Fsp3) is 0. The van der Waals surface area contributed by atoms with E-state index >= 15 is 0 Å². The van der Waals surface area contributed by atoms with Gasteiger partial charge < -0.3 is 4.74 Å². The number of allylic oxidation sites excluding steroid dienone is 1. The first kappa shape index (κ1) is 11.5. The van der Waals surface area contributed by atoms with Crippen LogP contribution < -0.4 is 4.74 Å². The summed E-state index contributed by atoms with van der Waals surface area (Å²) in [4.78, 5) is 12.1. The minimum Gasteiger partial charge on any atom is -0.452 e. The lowest BCUT2D eigenvalue weighted by Gasteiger charge is -2.00. The van der Waals surface area contributed by atoms with Crippen molar-refractivity contribution in [1.29, 1.82) is 0 Å². The van der Waals surface area contributed by atoms with Crippen LogP contribution in [0.3, 0.4) is 0 Å². The highest BCUT2D eigenvalue weighted by Gasteiger charge is 2.26. The molecule has 0 saturated carbocycles. The van der Waals surface area contributed by atoms with E-state index in [0.717, 1.165) is 9.13 Å². The third-order valence-electron chi connectivity index (χ3n) is 2.77. The van der Waals surface area contributed by atoms with Gasteiger partial charge >= 0.3 is 0 Å². The molecule has 0 radical (unpaired) electrons. The quantitative estimate of drug-likeness (QED) is 0.577.